The molecule has 0 aliphatic rings. The monoisotopic (exact) mass is 247 g/mol. The molecule has 0 saturated heterocycles. The van der Waals surface area contributed by atoms with Crippen LogP contribution >= 0.6 is 0 Å². The fourth-order valence-electron chi connectivity index (χ4n) is 1.37. The van der Waals surface area contributed by atoms with E-state index in [1.165, 1.54) is 6.07 Å². The maximum Gasteiger partial charge on any atom is 0.422 e. The minimum Gasteiger partial charge on any atom is -0.468 e. The average molecular weight is 247 g/mol. The molecule has 0 bridgehead atoms. The highest BCUT2D eigenvalue weighted by Gasteiger charge is 2.28. The first kappa shape index (κ1) is 13.8. The molecule has 1 aromatic rings. The van der Waals surface area contributed by atoms with Crippen LogP contribution in [0.2, 0.25) is 0 Å². The third-order valence-corrected chi connectivity index (χ3v) is 1.92. The number of halogens is 3. The summed E-state index contributed by atoms with van der Waals surface area (Å²) in [5, 5.41) is 0. The average Bonchev–Trinajstić information content (AvgIpc) is 2.13. The summed E-state index contributed by atoms with van der Waals surface area (Å²) in [5.41, 5.74) is 1.10. The lowest BCUT2D eigenvalue weighted by Crippen LogP contribution is -2.19. The van der Waals surface area contributed by atoms with E-state index < -0.39 is 12.8 Å². The molecule has 1 aromatic heterocycles. The minimum absolute atomic E-state index is 0.0000146. The van der Waals surface area contributed by atoms with E-state index in [0.29, 0.717) is 0 Å². The molecule has 0 saturated carbocycles. The summed E-state index contributed by atoms with van der Waals surface area (Å²) in [4.78, 5) is 3.84. The van der Waals surface area contributed by atoms with Crippen molar-refractivity contribution in [3.8, 4) is 5.88 Å². The number of rotatable bonds is 3. The van der Waals surface area contributed by atoms with Gasteiger partial charge in [0.25, 0.3) is 0 Å². The van der Waals surface area contributed by atoms with Crippen LogP contribution < -0.4 is 4.74 Å². The second kappa shape index (κ2) is 4.94. The molecule has 0 amide bonds. The number of ether oxygens (including phenoxy) is 1. The Bertz CT molecular complexity index is 351. The Hall–Kier alpha value is -1.26. The van der Waals surface area contributed by atoms with E-state index in [-0.39, 0.29) is 11.3 Å². The maximum absolute atomic E-state index is 11.9. The Morgan fingerprint density at radius 2 is 1.82 bits per heavy atom. The van der Waals surface area contributed by atoms with Gasteiger partial charge in [0, 0.05) is 12.3 Å². The van der Waals surface area contributed by atoms with Crippen molar-refractivity contribution in [2.24, 2.45) is 5.41 Å². The van der Waals surface area contributed by atoms with Crippen molar-refractivity contribution in [2.45, 2.75) is 33.4 Å². The molecule has 0 aliphatic carbocycles. The number of aromatic nitrogens is 1. The Morgan fingerprint density at radius 3 is 2.24 bits per heavy atom. The molecule has 0 unspecified atom stereocenters. The number of hydrogen-bond acceptors (Lipinski definition) is 2. The number of alkyl halides is 3. The van der Waals surface area contributed by atoms with Crippen LogP contribution in [0.15, 0.2) is 18.3 Å². The lowest BCUT2D eigenvalue weighted by Gasteiger charge is -2.17. The molecular formula is C12H16F3NO. The third-order valence-electron chi connectivity index (χ3n) is 1.92. The Balaban J connectivity index is 2.56. The summed E-state index contributed by atoms with van der Waals surface area (Å²) in [6.07, 6.45) is -1.96. The topological polar surface area (TPSA) is 22.1 Å². The maximum atomic E-state index is 11.9. The van der Waals surface area contributed by atoms with Crippen molar-refractivity contribution >= 4 is 0 Å². The summed E-state index contributed by atoms with van der Waals surface area (Å²) in [6, 6.07) is 3.21. The van der Waals surface area contributed by atoms with Crippen LogP contribution in [0.25, 0.3) is 0 Å². The van der Waals surface area contributed by atoms with Crippen molar-refractivity contribution in [2.75, 3.05) is 6.61 Å². The van der Waals surface area contributed by atoms with Crippen LogP contribution in [0.4, 0.5) is 13.2 Å². The number of pyridine rings is 1. The van der Waals surface area contributed by atoms with Crippen molar-refractivity contribution in [3.63, 3.8) is 0 Å². The van der Waals surface area contributed by atoms with Gasteiger partial charge in [-0.2, -0.15) is 13.2 Å². The molecular weight excluding hydrogens is 231 g/mol. The van der Waals surface area contributed by atoms with Crippen LogP contribution in [0.5, 0.6) is 5.88 Å². The summed E-state index contributed by atoms with van der Waals surface area (Å²) in [5.74, 6) is -0.0000146. The minimum atomic E-state index is -4.33. The Kier molecular flexibility index (Phi) is 4.01. The zero-order chi connectivity index (χ0) is 13.1. The molecule has 0 aromatic carbocycles. The largest absolute Gasteiger partial charge is 0.468 e. The highest BCUT2D eigenvalue weighted by molar-refractivity contribution is 5.18. The van der Waals surface area contributed by atoms with E-state index in [2.05, 4.69) is 30.5 Å². The first-order valence-electron chi connectivity index (χ1n) is 5.30. The summed E-state index contributed by atoms with van der Waals surface area (Å²) in [6.45, 7) is 4.95. The van der Waals surface area contributed by atoms with Gasteiger partial charge in [0.05, 0.1) is 0 Å². The molecule has 17 heavy (non-hydrogen) atoms. The molecule has 1 heterocycles. The Morgan fingerprint density at radius 1 is 1.18 bits per heavy atom. The Labute approximate surface area is 98.8 Å². The standard InChI is InChI=1S/C12H16F3NO/c1-11(2,3)6-9-4-5-10(16-7-9)17-8-12(13,14)15/h4-5,7H,6,8H2,1-3H3. The van der Waals surface area contributed by atoms with Gasteiger partial charge in [-0.1, -0.05) is 26.8 Å². The third kappa shape index (κ3) is 6.14. The van der Waals surface area contributed by atoms with E-state index in [1.807, 2.05) is 0 Å². The summed E-state index contributed by atoms with van der Waals surface area (Å²) in [7, 11) is 0. The molecule has 0 radical (unpaired) electrons. The van der Waals surface area contributed by atoms with Crippen LogP contribution in [-0.4, -0.2) is 17.8 Å². The van der Waals surface area contributed by atoms with Gasteiger partial charge in [0.2, 0.25) is 5.88 Å². The molecule has 1 rings (SSSR count). The van der Waals surface area contributed by atoms with Crippen LogP contribution in [0, 0.1) is 5.41 Å². The highest BCUT2D eigenvalue weighted by Crippen LogP contribution is 2.21. The van der Waals surface area contributed by atoms with Gasteiger partial charge in [-0.25, -0.2) is 4.98 Å². The van der Waals surface area contributed by atoms with E-state index in [0.717, 1.165) is 12.0 Å². The molecule has 0 N–H and O–H groups in total. The summed E-state index contributed by atoms with van der Waals surface area (Å²) < 4.78 is 40.2. The van der Waals surface area contributed by atoms with E-state index in [9.17, 15) is 13.2 Å². The lowest BCUT2D eigenvalue weighted by atomic mass is 9.89. The van der Waals surface area contributed by atoms with Crippen LogP contribution in [0.1, 0.15) is 26.3 Å². The molecule has 96 valence electrons. The van der Waals surface area contributed by atoms with E-state index >= 15 is 0 Å². The zero-order valence-electron chi connectivity index (χ0n) is 10.1. The fraction of sp³-hybridized carbons (Fsp3) is 0.583. The number of hydrogen-bond donors (Lipinski definition) is 0. The van der Waals surface area contributed by atoms with E-state index in [1.54, 1.807) is 12.3 Å². The second-order valence-corrected chi connectivity index (χ2v) is 5.15. The molecule has 0 atom stereocenters. The molecule has 0 fully saturated rings. The van der Waals surface area contributed by atoms with Gasteiger partial charge >= 0.3 is 6.18 Å². The van der Waals surface area contributed by atoms with Gasteiger partial charge in [-0.15, -0.1) is 0 Å². The van der Waals surface area contributed by atoms with Crippen molar-refractivity contribution in [1.82, 2.24) is 4.98 Å². The normalized spacial score (nSPS) is 12.6. The second-order valence-electron chi connectivity index (χ2n) is 5.15. The lowest BCUT2D eigenvalue weighted by molar-refractivity contribution is -0.154. The molecule has 0 aliphatic heterocycles. The smallest absolute Gasteiger partial charge is 0.422 e. The van der Waals surface area contributed by atoms with Gasteiger partial charge in [-0.05, 0) is 17.4 Å². The highest BCUT2D eigenvalue weighted by atomic mass is 19.4. The van der Waals surface area contributed by atoms with Gasteiger partial charge in [0.15, 0.2) is 6.61 Å². The molecule has 0 spiro atoms. The first-order valence-corrected chi connectivity index (χ1v) is 5.30. The van der Waals surface area contributed by atoms with Crippen LogP contribution in [0.3, 0.4) is 0 Å². The van der Waals surface area contributed by atoms with Crippen molar-refractivity contribution in [3.05, 3.63) is 23.9 Å². The summed E-state index contributed by atoms with van der Waals surface area (Å²) >= 11 is 0. The molecule has 5 heteroatoms. The zero-order valence-corrected chi connectivity index (χ0v) is 10.1. The van der Waals surface area contributed by atoms with Gasteiger partial charge < -0.3 is 4.74 Å². The first-order chi connectivity index (χ1) is 7.66. The molecule has 2 nitrogen and oxygen atoms in total. The van der Waals surface area contributed by atoms with E-state index in [4.69, 9.17) is 0 Å². The van der Waals surface area contributed by atoms with Crippen molar-refractivity contribution in [1.29, 1.82) is 0 Å². The predicted octanol–water partition coefficient (Wildman–Crippen LogP) is 3.61. The number of nitrogens with zero attached hydrogens (tertiary/aromatic N) is 1. The fourth-order valence-corrected chi connectivity index (χ4v) is 1.37. The van der Waals surface area contributed by atoms with Crippen LogP contribution in [-0.2, 0) is 6.42 Å². The predicted molar refractivity (Wildman–Crippen MR) is 58.9 cm³/mol. The quantitative estimate of drug-likeness (QED) is 0.814. The van der Waals surface area contributed by atoms with Crippen molar-refractivity contribution < 1.29 is 17.9 Å². The SMILES string of the molecule is CC(C)(C)Cc1ccc(OCC(F)(F)F)nc1. The van der Waals surface area contributed by atoms with Gasteiger partial charge in [-0.3, -0.25) is 0 Å². The van der Waals surface area contributed by atoms with Gasteiger partial charge in [0.1, 0.15) is 0 Å².